The summed E-state index contributed by atoms with van der Waals surface area (Å²) in [7, 11) is 0. The number of fused-ring (bicyclic) bond motifs is 1. The minimum absolute atomic E-state index is 0.0417. The highest BCUT2D eigenvalue weighted by atomic mass is 32.1. The Kier molecular flexibility index (Phi) is 4.01. The van der Waals surface area contributed by atoms with Crippen LogP contribution in [0.5, 0.6) is 5.75 Å². The third-order valence-corrected chi connectivity index (χ3v) is 4.55. The molecular weight excluding hydrogens is 379 g/mol. The van der Waals surface area contributed by atoms with Gasteiger partial charge in [0.25, 0.3) is 0 Å². The summed E-state index contributed by atoms with van der Waals surface area (Å²) in [5.74, 6) is -0.416. The molecule has 0 aliphatic carbocycles. The number of hydrogen-bond donors (Lipinski definition) is 1. The lowest BCUT2D eigenvalue weighted by Gasteiger charge is -2.12. The van der Waals surface area contributed by atoms with Gasteiger partial charge in [0.1, 0.15) is 17.5 Å². The Morgan fingerprint density at radius 3 is 2.67 bits per heavy atom. The van der Waals surface area contributed by atoms with Crippen LogP contribution in [-0.4, -0.2) is 26.8 Å². The number of hydrogen-bond acceptors (Lipinski definition) is 6. The van der Waals surface area contributed by atoms with E-state index >= 15 is 0 Å². The smallest absolute Gasteiger partial charge is 0.406 e. The second kappa shape index (κ2) is 6.37. The molecule has 0 aliphatic heterocycles. The molecule has 0 unspecified atom stereocenters. The van der Waals surface area contributed by atoms with E-state index in [9.17, 15) is 13.2 Å². The molecule has 0 amide bonds. The van der Waals surface area contributed by atoms with Crippen molar-refractivity contribution in [3.8, 4) is 34.2 Å². The van der Waals surface area contributed by atoms with Gasteiger partial charge in [-0.15, -0.1) is 29.6 Å². The van der Waals surface area contributed by atoms with Gasteiger partial charge in [0.15, 0.2) is 5.69 Å². The Balaban J connectivity index is 1.88. The average Bonchev–Trinajstić information content (AvgIpc) is 3.28. The number of H-pyrrole nitrogens is 1. The molecule has 2 aromatic carbocycles. The van der Waals surface area contributed by atoms with Crippen molar-refractivity contribution in [2.45, 2.75) is 6.36 Å². The summed E-state index contributed by atoms with van der Waals surface area (Å²) in [5, 5.41) is 18.9. The summed E-state index contributed by atoms with van der Waals surface area (Å²) < 4.78 is 43.3. The van der Waals surface area contributed by atoms with Gasteiger partial charge in [-0.3, -0.25) is 0 Å². The highest BCUT2D eigenvalue weighted by Gasteiger charge is 2.31. The van der Waals surface area contributed by atoms with Crippen LogP contribution in [0.2, 0.25) is 0 Å². The largest absolute Gasteiger partial charge is 0.573 e. The van der Waals surface area contributed by atoms with E-state index in [2.05, 4.69) is 25.1 Å². The summed E-state index contributed by atoms with van der Waals surface area (Å²) in [6.07, 6.45) is -4.85. The van der Waals surface area contributed by atoms with Crippen LogP contribution in [-0.2, 0) is 0 Å². The Bertz CT molecular complexity index is 1180. The first-order valence-electron chi connectivity index (χ1n) is 7.49. The zero-order valence-electron chi connectivity index (χ0n) is 13.3. The standard InChI is InChI=1S/C17H8F3N5OS/c18-17(19,20)26-12-4-10(9-1-2-15-13(6-9)22-8-27-15)3-11(5-12)16-14(7-21)23-25-24-16/h1-6,8H,(H,23,24,25). The van der Waals surface area contributed by atoms with Gasteiger partial charge in [0, 0.05) is 5.56 Å². The Labute approximate surface area is 153 Å². The van der Waals surface area contributed by atoms with Crippen molar-refractivity contribution in [2.24, 2.45) is 0 Å². The van der Waals surface area contributed by atoms with E-state index in [4.69, 9.17) is 5.26 Å². The monoisotopic (exact) mass is 387 g/mol. The first-order valence-corrected chi connectivity index (χ1v) is 8.37. The van der Waals surface area contributed by atoms with Crippen LogP contribution in [0.3, 0.4) is 0 Å². The summed E-state index contributed by atoms with van der Waals surface area (Å²) in [6, 6.07) is 11.3. The molecule has 10 heteroatoms. The molecule has 27 heavy (non-hydrogen) atoms. The van der Waals surface area contributed by atoms with Gasteiger partial charge in [0.05, 0.1) is 15.7 Å². The fourth-order valence-corrected chi connectivity index (χ4v) is 3.30. The van der Waals surface area contributed by atoms with E-state index in [-0.39, 0.29) is 17.0 Å². The average molecular weight is 387 g/mol. The maximum Gasteiger partial charge on any atom is 0.573 e. The van der Waals surface area contributed by atoms with Gasteiger partial charge in [-0.1, -0.05) is 11.3 Å². The molecule has 0 fully saturated rings. The second-order valence-corrected chi connectivity index (χ2v) is 6.36. The van der Waals surface area contributed by atoms with Crippen molar-refractivity contribution in [2.75, 3.05) is 0 Å². The van der Waals surface area contributed by atoms with E-state index in [0.717, 1.165) is 16.3 Å². The molecular formula is C17H8F3N5OS. The van der Waals surface area contributed by atoms with Gasteiger partial charge in [-0.05, 0) is 41.5 Å². The maximum absolute atomic E-state index is 12.7. The predicted molar refractivity (Wildman–Crippen MR) is 91.8 cm³/mol. The summed E-state index contributed by atoms with van der Waals surface area (Å²) >= 11 is 1.47. The minimum Gasteiger partial charge on any atom is -0.406 e. The van der Waals surface area contributed by atoms with Crippen LogP contribution in [0.25, 0.3) is 32.6 Å². The molecule has 0 bridgehead atoms. The molecule has 134 valence electrons. The third-order valence-electron chi connectivity index (χ3n) is 3.74. The van der Waals surface area contributed by atoms with Crippen molar-refractivity contribution in [3.05, 3.63) is 47.6 Å². The maximum atomic E-state index is 12.7. The Morgan fingerprint density at radius 1 is 1.07 bits per heavy atom. The fourth-order valence-electron chi connectivity index (χ4n) is 2.64. The first-order chi connectivity index (χ1) is 12.9. The molecule has 2 heterocycles. The normalized spacial score (nSPS) is 11.5. The number of ether oxygens (including phenoxy) is 1. The van der Waals surface area contributed by atoms with Gasteiger partial charge in [-0.25, -0.2) is 10.1 Å². The number of aromatic amines is 1. The van der Waals surface area contributed by atoms with Crippen molar-refractivity contribution >= 4 is 21.6 Å². The Hall–Kier alpha value is -3.45. The van der Waals surface area contributed by atoms with Crippen molar-refractivity contribution in [1.29, 1.82) is 5.26 Å². The number of aromatic nitrogens is 4. The number of thiazole rings is 1. The van der Waals surface area contributed by atoms with Gasteiger partial charge in [0.2, 0.25) is 0 Å². The molecule has 0 radical (unpaired) electrons. The molecule has 0 atom stereocenters. The summed E-state index contributed by atoms with van der Waals surface area (Å²) in [5.41, 5.74) is 4.01. The molecule has 4 aromatic rings. The topological polar surface area (TPSA) is 87.5 Å². The zero-order chi connectivity index (χ0) is 19.0. The highest BCUT2D eigenvalue weighted by molar-refractivity contribution is 7.16. The number of alkyl halides is 3. The van der Waals surface area contributed by atoms with E-state index < -0.39 is 12.1 Å². The second-order valence-electron chi connectivity index (χ2n) is 5.48. The van der Waals surface area contributed by atoms with Crippen molar-refractivity contribution in [1.82, 2.24) is 20.4 Å². The number of nitriles is 1. The van der Waals surface area contributed by atoms with Crippen molar-refractivity contribution in [3.63, 3.8) is 0 Å². The number of benzene rings is 2. The molecule has 1 N–H and O–H groups in total. The zero-order valence-corrected chi connectivity index (χ0v) is 14.1. The minimum atomic E-state index is -4.85. The lowest BCUT2D eigenvalue weighted by atomic mass is 10.0. The molecule has 6 nitrogen and oxygen atoms in total. The number of nitrogens with zero attached hydrogens (tertiary/aromatic N) is 4. The van der Waals surface area contributed by atoms with E-state index in [0.29, 0.717) is 11.1 Å². The first kappa shape index (κ1) is 17.0. The Morgan fingerprint density at radius 2 is 1.89 bits per heavy atom. The molecule has 4 rings (SSSR count). The summed E-state index contributed by atoms with van der Waals surface area (Å²) in [6.45, 7) is 0. The van der Waals surface area contributed by atoms with Gasteiger partial charge < -0.3 is 4.74 Å². The van der Waals surface area contributed by atoms with Crippen LogP contribution in [0.1, 0.15) is 5.69 Å². The van der Waals surface area contributed by atoms with Crippen LogP contribution in [0, 0.1) is 11.3 Å². The lowest BCUT2D eigenvalue weighted by Crippen LogP contribution is -2.17. The van der Waals surface area contributed by atoms with E-state index in [1.165, 1.54) is 17.4 Å². The quantitative estimate of drug-likeness (QED) is 0.558. The molecule has 0 saturated heterocycles. The van der Waals surface area contributed by atoms with Crippen LogP contribution >= 0.6 is 11.3 Å². The molecule has 0 spiro atoms. The SMILES string of the molecule is N#Cc1[nH]nnc1-c1cc(OC(F)(F)F)cc(-c2ccc3scnc3c2)c1. The fraction of sp³-hybridized carbons (Fsp3) is 0.0588. The molecule has 2 aromatic heterocycles. The van der Waals surface area contributed by atoms with E-state index in [1.54, 1.807) is 23.7 Å². The van der Waals surface area contributed by atoms with E-state index in [1.807, 2.05) is 12.1 Å². The molecule has 0 aliphatic rings. The van der Waals surface area contributed by atoms with Gasteiger partial charge >= 0.3 is 6.36 Å². The predicted octanol–water partition coefficient (Wildman–Crippen LogP) is 4.52. The van der Waals surface area contributed by atoms with Crippen LogP contribution in [0.15, 0.2) is 41.9 Å². The number of rotatable bonds is 3. The van der Waals surface area contributed by atoms with Gasteiger partial charge in [-0.2, -0.15) is 5.26 Å². The highest BCUT2D eigenvalue weighted by Crippen LogP contribution is 2.35. The molecule has 0 saturated carbocycles. The third kappa shape index (κ3) is 3.45. The number of halogens is 3. The lowest BCUT2D eigenvalue weighted by molar-refractivity contribution is -0.274. The summed E-state index contributed by atoms with van der Waals surface area (Å²) in [4.78, 5) is 4.22. The van der Waals surface area contributed by atoms with Crippen molar-refractivity contribution < 1.29 is 17.9 Å². The number of nitrogens with one attached hydrogen (secondary N) is 1. The van der Waals surface area contributed by atoms with Crippen LogP contribution < -0.4 is 4.74 Å². The van der Waals surface area contributed by atoms with Crippen LogP contribution in [0.4, 0.5) is 13.2 Å².